The van der Waals surface area contributed by atoms with E-state index in [-0.39, 0.29) is 19.4 Å². The monoisotopic (exact) mass is 690 g/mol. The lowest BCUT2D eigenvalue weighted by Gasteiger charge is -2.20. The highest BCUT2D eigenvalue weighted by atomic mass is 31.2. The fourth-order valence-corrected chi connectivity index (χ4v) is 5.48. The van der Waals surface area contributed by atoms with E-state index in [0.717, 1.165) is 77.0 Å². The standard InChI is InChI=1S/C36H67O10P/c1-3-5-7-9-11-13-15-17-19-21-23-25-27-35(39)43-31-34(32-45-47(41,42)44-30-33(38)29-37)46-36(40)28-26-24-22-20-18-16-14-12-10-8-6-4-2/h11-14,33-34,37-38H,3-10,15-32H2,1-2H3,(H,41,42)/b13-11-,14-12-/t33-,34+/m0/s1. The number of carbonyl (C=O) groups excluding carboxylic acids is 2. The Balaban J connectivity index is 4.42. The summed E-state index contributed by atoms with van der Waals surface area (Å²) in [5, 5.41) is 18.2. The molecule has 0 amide bonds. The number of phosphoric ester groups is 1. The van der Waals surface area contributed by atoms with Gasteiger partial charge in [0.15, 0.2) is 6.10 Å². The topological polar surface area (TPSA) is 149 Å². The number of aliphatic hydroxyl groups is 2. The average molecular weight is 691 g/mol. The van der Waals surface area contributed by atoms with Gasteiger partial charge in [0.05, 0.1) is 19.8 Å². The number of carbonyl (C=O) groups is 2. The van der Waals surface area contributed by atoms with Crippen molar-refractivity contribution in [1.82, 2.24) is 0 Å². The van der Waals surface area contributed by atoms with E-state index in [1.54, 1.807) is 0 Å². The van der Waals surface area contributed by atoms with Crippen molar-refractivity contribution < 1.29 is 47.8 Å². The van der Waals surface area contributed by atoms with Gasteiger partial charge in [0.1, 0.15) is 12.7 Å². The average Bonchev–Trinajstić information content (AvgIpc) is 3.05. The normalized spacial score (nSPS) is 14.4. The van der Waals surface area contributed by atoms with Crippen LogP contribution in [0.2, 0.25) is 0 Å². The summed E-state index contributed by atoms with van der Waals surface area (Å²) < 4.78 is 32.5. The van der Waals surface area contributed by atoms with Crippen LogP contribution in [0.3, 0.4) is 0 Å². The molecule has 0 rings (SSSR count). The second-order valence-corrected chi connectivity index (χ2v) is 13.7. The number of hydrogen-bond donors (Lipinski definition) is 3. The lowest BCUT2D eigenvalue weighted by atomic mass is 10.1. The van der Waals surface area contributed by atoms with Gasteiger partial charge in [-0.25, -0.2) is 4.57 Å². The highest BCUT2D eigenvalue weighted by Crippen LogP contribution is 2.43. The zero-order valence-electron chi connectivity index (χ0n) is 29.5. The number of aliphatic hydroxyl groups excluding tert-OH is 2. The van der Waals surface area contributed by atoms with Crippen LogP contribution in [0.15, 0.2) is 24.3 Å². The summed E-state index contributed by atoms with van der Waals surface area (Å²) in [6, 6.07) is 0. The van der Waals surface area contributed by atoms with Gasteiger partial charge >= 0.3 is 19.8 Å². The Morgan fingerprint density at radius 2 is 1.04 bits per heavy atom. The molecule has 0 aliphatic rings. The van der Waals surface area contributed by atoms with Crippen molar-refractivity contribution in [1.29, 1.82) is 0 Å². The van der Waals surface area contributed by atoms with Crippen LogP contribution in [0.1, 0.15) is 155 Å². The van der Waals surface area contributed by atoms with E-state index in [4.69, 9.17) is 19.1 Å². The lowest BCUT2D eigenvalue weighted by molar-refractivity contribution is -0.161. The third kappa shape index (κ3) is 32.8. The quantitative estimate of drug-likeness (QED) is 0.0259. The summed E-state index contributed by atoms with van der Waals surface area (Å²) in [5.41, 5.74) is 0. The maximum absolute atomic E-state index is 12.5. The first-order valence-corrected chi connectivity index (χ1v) is 19.8. The van der Waals surface area contributed by atoms with Crippen LogP contribution in [0, 0.1) is 0 Å². The molecule has 47 heavy (non-hydrogen) atoms. The Labute approximate surface area is 285 Å². The molecule has 0 bridgehead atoms. The molecule has 3 N–H and O–H groups in total. The summed E-state index contributed by atoms with van der Waals surface area (Å²) in [7, 11) is -4.61. The molecule has 0 saturated heterocycles. The second kappa shape index (κ2) is 33.0. The van der Waals surface area contributed by atoms with E-state index >= 15 is 0 Å². The van der Waals surface area contributed by atoms with Gasteiger partial charge in [-0.3, -0.25) is 18.6 Å². The minimum Gasteiger partial charge on any atom is -0.462 e. The van der Waals surface area contributed by atoms with Gasteiger partial charge in [-0.2, -0.15) is 0 Å². The molecular formula is C36H67O10P. The molecule has 0 heterocycles. The zero-order chi connectivity index (χ0) is 34.9. The number of ether oxygens (including phenoxy) is 2. The van der Waals surface area contributed by atoms with Crippen LogP contribution >= 0.6 is 7.82 Å². The first kappa shape index (κ1) is 45.5. The van der Waals surface area contributed by atoms with Crippen LogP contribution in [0.25, 0.3) is 0 Å². The number of unbranched alkanes of at least 4 members (excludes halogenated alkanes) is 16. The van der Waals surface area contributed by atoms with Crippen LogP contribution in [-0.4, -0.2) is 65.7 Å². The second-order valence-electron chi connectivity index (χ2n) is 12.2. The minimum atomic E-state index is -4.61. The zero-order valence-corrected chi connectivity index (χ0v) is 30.4. The van der Waals surface area contributed by atoms with Gasteiger partial charge in [0.25, 0.3) is 0 Å². The van der Waals surface area contributed by atoms with Gasteiger partial charge in [-0.1, -0.05) is 102 Å². The molecule has 3 atom stereocenters. The van der Waals surface area contributed by atoms with Crippen molar-refractivity contribution >= 4 is 19.8 Å². The summed E-state index contributed by atoms with van der Waals surface area (Å²) >= 11 is 0. The Bertz CT molecular complexity index is 848. The van der Waals surface area contributed by atoms with Crippen molar-refractivity contribution in [2.75, 3.05) is 26.4 Å². The Kier molecular flexibility index (Phi) is 31.9. The van der Waals surface area contributed by atoms with E-state index in [1.807, 2.05) is 0 Å². The molecule has 0 aliphatic carbocycles. The molecule has 0 aliphatic heterocycles. The largest absolute Gasteiger partial charge is 0.472 e. The van der Waals surface area contributed by atoms with E-state index in [2.05, 4.69) is 42.7 Å². The molecule has 11 heteroatoms. The third-order valence-corrected chi connectivity index (χ3v) is 8.53. The Morgan fingerprint density at radius 1 is 0.617 bits per heavy atom. The van der Waals surface area contributed by atoms with Crippen molar-refractivity contribution in [2.45, 2.75) is 167 Å². The Hall–Kier alpha value is -1.55. The number of hydrogen-bond acceptors (Lipinski definition) is 9. The van der Waals surface area contributed by atoms with Crippen molar-refractivity contribution in [3.05, 3.63) is 24.3 Å². The fraction of sp³-hybridized carbons (Fsp3) is 0.833. The molecule has 0 fully saturated rings. The fourth-order valence-electron chi connectivity index (χ4n) is 4.69. The molecule has 0 aromatic heterocycles. The molecular weight excluding hydrogens is 623 g/mol. The van der Waals surface area contributed by atoms with E-state index in [1.165, 1.54) is 38.5 Å². The molecule has 276 valence electrons. The Morgan fingerprint density at radius 3 is 1.53 bits per heavy atom. The van der Waals surface area contributed by atoms with Crippen molar-refractivity contribution in [3.63, 3.8) is 0 Å². The number of phosphoric acid groups is 1. The predicted octanol–water partition coefficient (Wildman–Crippen LogP) is 8.66. The molecule has 0 radical (unpaired) electrons. The molecule has 0 saturated carbocycles. The van der Waals surface area contributed by atoms with Crippen molar-refractivity contribution in [2.24, 2.45) is 0 Å². The van der Waals surface area contributed by atoms with Gasteiger partial charge < -0.3 is 24.6 Å². The summed E-state index contributed by atoms with van der Waals surface area (Å²) in [5.74, 6) is -0.948. The highest BCUT2D eigenvalue weighted by Gasteiger charge is 2.27. The minimum absolute atomic E-state index is 0.173. The van der Waals surface area contributed by atoms with Crippen LogP contribution in [0.5, 0.6) is 0 Å². The first-order chi connectivity index (χ1) is 22.7. The molecule has 0 aromatic carbocycles. The predicted molar refractivity (Wildman–Crippen MR) is 187 cm³/mol. The number of rotatable bonds is 34. The highest BCUT2D eigenvalue weighted by molar-refractivity contribution is 7.47. The molecule has 10 nitrogen and oxygen atoms in total. The molecule has 0 aromatic rings. The third-order valence-electron chi connectivity index (χ3n) is 7.58. The van der Waals surface area contributed by atoms with Crippen LogP contribution in [-0.2, 0) is 32.7 Å². The first-order valence-electron chi connectivity index (χ1n) is 18.3. The summed E-state index contributed by atoms with van der Waals surface area (Å²) in [6.07, 6.45) is 28.6. The van der Waals surface area contributed by atoms with Gasteiger partial charge in [0.2, 0.25) is 0 Å². The summed E-state index contributed by atoms with van der Waals surface area (Å²) in [6.45, 7) is 2.28. The number of esters is 2. The molecule has 1 unspecified atom stereocenters. The SMILES string of the molecule is CCCCC/C=C\CCCCCCCC(=O)OC[C@H](COP(=O)(O)OC[C@@H](O)CO)OC(=O)CCCCCCC/C=C\CCCCC. The van der Waals surface area contributed by atoms with Gasteiger partial charge in [-0.05, 0) is 64.2 Å². The van der Waals surface area contributed by atoms with E-state index in [9.17, 15) is 24.2 Å². The smallest absolute Gasteiger partial charge is 0.462 e. The summed E-state index contributed by atoms with van der Waals surface area (Å²) in [4.78, 5) is 34.7. The molecule has 0 spiro atoms. The number of allylic oxidation sites excluding steroid dienone is 4. The van der Waals surface area contributed by atoms with Crippen LogP contribution in [0.4, 0.5) is 0 Å². The van der Waals surface area contributed by atoms with E-state index in [0.29, 0.717) is 12.8 Å². The van der Waals surface area contributed by atoms with Crippen molar-refractivity contribution in [3.8, 4) is 0 Å². The van der Waals surface area contributed by atoms with E-state index < -0.39 is 51.8 Å². The maximum atomic E-state index is 12.5. The van der Waals surface area contributed by atoms with Gasteiger partial charge in [0, 0.05) is 12.8 Å². The van der Waals surface area contributed by atoms with Gasteiger partial charge in [-0.15, -0.1) is 0 Å². The maximum Gasteiger partial charge on any atom is 0.472 e. The lowest BCUT2D eigenvalue weighted by Crippen LogP contribution is -2.29. The van der Waals surface area contributed by atoms with Crippen LogP contribution < -0.4 is 0 Å².